The number of hydrogen-bond acceptors (Lipinski definition) is 4. The molecule has 1 fully saturated rings. The van der Waals surface area contributed by atoms with Gasteiger partial charge in [-0.25, -0.2) is 0 Å². The topological polar surface area (TPSA) is 53.4 Å². The Balaban J connectivity index is 1.77. The van der Waals surface area contributed by atoms with Crippen molar-refractivity contribution in [3.63, 3.8) is 0 Å². The number of halogens is 4. The number of anilines is 2. The van der Waals surface area contributed by atoms with Crippen LogP contribution in [0, 0.1) is 6.92 Å². The second-order valence-corrected chi connectivity index (χ2v) is 8.57. The van der Waals surface area contributed by atoms with E-state index in [-0.39, 0.29) is 5.69 Å². The van der Waals surface area contributed by atoms with Crippen molar-refractivity contribution in [2.75, 3.05) is 43.4 Å². The molecule has 33 heavy (non-hydrogen) atoms. The Kier molecular flexibility index (Phi) is 8.07. The maximum Gasteiger partial charge on any atom is 0.418 e. The zero-order valence-electron chi connectivity index (χ0n) is 19.0. The van der Waals surface area contributed by atoms with Crippen molar-refractivity contribution in [2.24, 2.45) is 0 Å². The standard InChI is InChI=1S/C23H29ClF3N5O/c1-4-5-10-32-22(24)18(16(2)29-32)7-9-21(33)28-20-8-6-17(15-19(20)23(25,26)27)31-13-11-30(3)12-14-31/h6-9,15H,4-5,10-14H2,1-3H3,(H,28,33)/b9-7+. The predicted molar refractivity (Wildman–Crippen MR) is 126 cm³/mol. The summed E-state index contributed by atoms with van der Waals surface area (Å²) in [6, 6.07) is 4.02. The van der Waals surface area contributed by atoms with E-state index in [2.05, 4.69) is 22.2 Å². The smallest absolute Gasteiger partial charge is 0.369 e. The zero-order valence-corrected chi connectivity index (χ0v) is 19.8. The summed E-state index contributed by atoms with van der Waals surface area (Å²) in [5.41, 5.74) is 0.557. The van der Waals surface area contributed by atoms with Crippen molar-refractivity contribution >= 4 is 35.0 Å². The summed E-state index contributed by atoms with van der Waals surface area (Å²) in [6.07, 6.45) is -0.0507. The number of likely N-dealkylation sites (N-methyl/N-ethyl adjacent to an activating group) is 1. The number of alkyl halides is 3. The molecule has 0 bridgehead atoms. The van der Waals surface area contributed by atoms with Crippen LogP contribution in [0.25, 0.3) is 6.08 Å². The molecule has 1 N–H and O–H groups in total. The number of aryl methyl sites for hydroxylation is 2. The van der Waals surface area contributed by atoms with Crippen LogP contribution in [0.1, 0.15) is 36.6 Å². The summed E-state index contributed by atoms with van der Waals surface area (Å²) in [5, 5.41) is 7.12. The van der Waals surface area contributed by atoms with Crippen LogP contribution < -0.4 is 10.2 Å². The van der Waals surface area contributed by atoms with E-state index < -0.39 is 17.6 Å². The van der Waals surface area contributed by atoms with Crippen molar-refractivity contribution in [3.05, 3.63) is 46.2 Å². The Labute approximate surface area is 197 Å². The lowest BCUT2D eigenvalue weighted by molar-refractivity contribution is -0.136. The molecule has 0 radical (unpaired) electrons. The van der Waals surface area contributed by atoms with E-state index in [0.717, 1.165) is 32.0 Å². The first-order valence-electron chi connectivity index (χ1n) is 11.0. The summed E-state index contributed by atoms with van der Waals surface area (Å²) in [4.78, 5) is 16.5. The number of aromatic nitrogens is 2. The molecule has 1 amide bonds. The summed E-state index contributed by atoms with van der Waals surface area (Å²) in [6.45, 7) is 7.34. The van der Waals surface area contributed by atoms with Gasteiger partial charge in [-0.2, -0.15) is 18.3 Å². The maximum atomic E-state index is 13.7. The molecule has 1 aliphatic rings. The first-order chi connectivity index (χ1) is 15.6. The van der Waals surface area contributed by atoms with Gasteiger partial charge >= 0.3 is 6.18 Å². The summed E-state index contributed by atoms with van der Waals surface area (Å²) >= 11 is 6.36. The first-order valence-corrected chi connectivity index (χ1v) is 11.3. The van der Waals surface area contributed by atoms with E-state index >= 15 is 0 Å². The van der Waals surface area contributed by atoms with Crippen LogP contribution in [0.3, 0.4) is 0 Å². The van der Waals surface area contributed by atoms with E-state index in [1.54, 1.807) is 17.7 Å². The highest BCUT2D eigenvalue weighted by atomic mass is 35.5. The molecule has 0 aliphatic carbocycles. The fourth-order valence-electron chi connectivity index (χ4n) is 3.68. The molecule has 0 saturated carbocycles. The van der Waals surface area contributed by atoms with Gasteiger partial charge in [-0.15, -0.1) is 0 Å². The molecule has 1 aliphatic heterocycles. The number of hydrogen-bond donors (Lipinski definition) is 1. The average molecular weight is 484 g/mol. The molecule has 0 atom stereocenters. The van der Waals surface area contributed by atoms with Gasteiger partial charge in [0.25, 0.3) is 0 Å². The molecular weight excluding hydrogens is 455 g/mol. The lowest BCUT2D eigenvalue weighted by Gasteiger charge is -2.34. The van der Waals surface area contributed by atoms with E-state index in [9.17, 15) is 18.0 Å². The average Bonchev–Trinajstić information content (AvgIpc) is 3.03. The third kappa shape index (κ3) is 6.29. The molecule has 3 rings (SSSR count). The van der Waals surface area contributed by atoms with Crippen molar-refractivity contribution in [1.82, 2.24) is 14.7 Å². The van der Waals surface area contributed by atoms with Gasteiger partial charge in [0.15, 0.2) is 0 Å². The minimum atomic E-state index is -4.60. The Bertz CT molecular complexity index is 1010. The van der Waals surface area contributed by atoms with Crippen LogP contribution in [-0.2, 0) is 17.5 Å². The molecule has 0 unspecified atom stereocenters. The normalized spacial score (nSPS) is 15.4. The molecule has 180 valence electrons. The van der Waals surface area contributed by atoms with E-state index in [0.29, 0.717) is 41.7 Å². The highest BCUT2D eigenvalue weighted by Crippen LogP contribution is 2.37. The van der Waals surface area contributed by atoms with Crippen molar-refractivity contribution in [3.8, 4) is 0 Å². The molecule has 10 heteroatoms. The molecular formula is C23H29ClF3N5O. The van der Waals surface area contributed by atoms with Crippen LogP contribution >= 0.6 is 11.6 Å². The molecule has 6 nitrogen and oxygen atoms in total. The van der Waals surface area contributed by atoms with Crippen LogP contribution in [-0.4, -0.2) is 53.8 Å². The Hall–Kier alpha value is -2.52. The largest absolute Gasteiger partial charge is 0.418 e. The van der Waals surface area contributed by atoms with Gasteiger partial charge in [-0.3, -0.25) is 9.48 Å². The van der Waals surface area contributed by atoms with Crippen molar-refractivity contribution in [1.29, 1.82) is 0 Å². The Morgan fingerprint density at radius 1 is 1.24 bits per heavy atom. The molecule has 1 aromatic heterocycles. The van der Waals surface area contributed by atoms with Crippen LogP contribution in [0.2, 0.25) is 5.15 Å². The third-order valence-electron chi connectivity index (χ3n) is 5.67. The highest BCUT2D eigenvalue weighted by molar-refractivity contribution is 6.31. The minimum absolute atomic E-state index is 0.281. The number of benzene rings is 1. The van der Waals surface area contributed by atoms with Gasteiger partial charge in [-0.05, 0) is 44.7 Å². The second kappa shape index (κ2) is 10.6. The molecule has 1 saturated heterocycles. The van der Waals surface area contributed by atoms with Gasteiger partial charge in [0.2, 0.25) is 5.91 Å². The van der Waals surface area contributed by atoms with Crippen LogP contribution in [0.5, 0.6) is 0 Å². The highest BCUT2D eigenvalue weighted by Gasteiger charge is 2.34. The lowest BCUT2D eigenvalue weighted by Crippen LogP contribution is -2.44. The number of rotatable bonds is 7. The van der Waals surface area contributed by atoms with Gasteiger partial charge in [0.05, 0.1) is 16.9 Å². The quantitative estimate of drug-likeness (QED) is 0.559. The van der Waals surface area contributed by atoms with Crippen LogP contribution in [0.15, 0.2) is 24.3 Å². The maximum absolute atomic E-state index is 13.7. The number of piperazine rings is 1. The van der Waals surface area contributed by atoms with Crippen LogP contribution in [0.4, 0.5) is 24.5 Å². The summed E-state index contributed by atoms with van der Waals surface area (Å²) in [5.74, 6) is -0.676. The van der Waals surface area contributed by atoms with E-state index in [4.69, 9.17) is 11.6 Å². The summed E-state index contributed by atoms with van der Waals surface area (Å²) in [7, 11) is 1.98. The number of carbonyl (C=O) groups is 1. The molecule has 2 heterocycles. The first kappa shape index (κ1) is 25.1. The number of nitrogens with one attached hydrogen (secondary N) is 1. The Morgan fingerprint density at radius 2 is 1.94 bits per heavy atom. The fourth-order valence-corrected chi connectivity index (χ4v) is 4.01. The van der Waals surface area contributed by atoms with Gasteiger partial charge < -0.3 is 15.1 Å². The SMILES string of the molecule is CCCCn1nc(C)c(/C=C/C(=O)Nc2ccc(N3CCN(C)CC3)cc2C(F)(F)F)c1Cl. The van der Waals surface area contributed by atoms with Gasteiger partial charge in [0.1, 0.15) is 5.15 Å². The molecule has 2 aromatic rings. The molecule has 0 spiro atoms. The minimum Gasteiger partial charge on any atom is -0.369 e. The summed E-state index contributed by atoms with van der Waals surface area (Å²) < 4.78 is 42.9. The number of carbonyl (C=O) groups excluding carboxylic acids is 1. The zero-order chi connectivity index (χ0) is 24.2. The van der Waals surface area contributed by atoms with Gasteiger partial charge in [0, 0.05) is 50.1 Å². The second-order valence-electron chi connectivity index (χ2n) is 8.21. The molecule has 1 aromatic carbocycles. The number of amides is 1. The number of unbranched alkanes of at least 4 members (excludes halogenated alkanes) is 1. The Morgan fingerprint density at radius 3 is 2.58 bits per heavy atom. The van der Waals surface area contributed by atoms with E-state index in [1.807, 2.05) is 11.9 Å². The monoisotopic (exact) mass is 483 g/mol. The lowest BCUT2D eigenvalue weighted by atomic mass is 10.1. The van der Waals surface area contributed by atoms with Crippen molar-refractivity contribution in [2.45, 2.75) is 39.4 Å². The fraction of sp³-hybridized carbons (Fsp3) is 0.478. The van der Waals surface area contributed by atoms with E-state index in [1.165, 1.54) is 18.2 Å². The predicted octanol–water partition coefficient (Wildman–Crippen LogP) is 5.07. The third-order valence-corrected chi connectivity index (χ3v) is 6.07. The van der Waals surface area contributed by atoms with Crippen molar-refractivity contribution < 1.29 is 18.0 Å². The van der Waals surface area contributed by atoms with Gasteiger partial charge in [-0.1, -0.05) is 24.9 Å². The number of nitrogens with zero attached hydrogens (tertiary/aromatic N) is 4.